The third kappa shape index (κ3) is 36.1. The summed E-state index contributed by atoms with van der Waals surface area (Å²) in [5.74, 6) is 5.40. The van der Waals surface area contributed by atoms with Crippen molar-refractivity contribution in [2.75, 3.05) is 60.9 Å². The first-order valence-corrected chi connectivity index (χ1v) is 6.51. The van der Waals surface area contributed by atoms with Gasteiger partial charge < -0.3 is 10.2 Å². The molecule has 114 valence electrons. The average molecular weight is 267 g/mol. The van der Waals surface area contributed by atoms with Gasteiger partial charge in [-0.2, -0.15) is 0 Å². The summed E-state index contributed by atoms with van der Waals surface area (Å²) in [7, 11) is 7.28. The predicted octanol–water partition coefficient (Wildman–Crippen LogP) is 0.792. The van der Waals surface area contributed by atoms with Crippen LogP contribution in [0.4, 0.5) is 4.48 Å². The summed E-state index contributed by atoms with van der Waals surface area (Å²) in [6, 6.07) is 0. The largest absolute Gasteiger partial charge is 0.320 e. The normalized spacial score (nSPS) is 10.0. The number of likely N-dealkylation sites (N-methyl/N-ethyl adjacent to an activating group) is 2. The van der Waals surface area contributed by atoms with Gasteiger partial charge in [0.2, 0.25) is 0 Å². The molecule has 0 aromatic rings. The standard InChI is InChI=1S/C6H17N3.C3H8FN.C3H9N/c1-4-8(2)5-6-9(3)7;1-3-5(2)4;1-3-4-2/h4-7H2,1-3H3;3H2,1-2H3;4H,3H2,1-2H3. The van der Waals surface area contributed by atoms with Crippen LogP contribution >= 0.6 is 0 Å². The van der Waals surface area contributed by atoms with Crippen LogP contribution in [0.3, 0.4) is 0 Å². The predicted molar refractivity (Wildman–Crippen MR) is 79.0 cm³/mol. The molecule has 0 amide bonds. The first-order chi connectivity index (χ1) is 8.35. The van der Waals surface area contributed by atoms with Gasteiger partial charge >= 0.3 is 0 Å². The van der Waals surface area contributed by atoms with E-state index in [1.165, 1.54) is 7.05 Å². The van der Waals surface area contributed by atoms with Gasteiger partial charge in [0, 0.05) is 33.7 Å². The second-order valence-electron chi connectivity index (χ2n) is 4.00. The Bertz CT molecular complexity index is 132. The second kappa shape index (κ2) is 19.1. The van der Waals surface area contributed by atoms with Crippen molar-refractivity contribution in [1.82, 2.24) is 20.3 Å². The lowest BCUT2D eigenvalue weighted by molar-refractivity contribution is 0.0676. The molecule has 18 heavy (non-hydrogen) atoms. The van der Waals surface area contributed by atoms with Gasteiger partial charge in [-0.25, -0.2) is 5.01 Å². The van der Waals surface area contributed by atoms with Crippen LogP contribution in [0.15, 0.2) is 0 Å². The van der Waals surface area contributed by atoms with E-state index < -0.39 is 0 Å². The molecule has 0 saturated carbocycles. The van der Waals surface area contributed by atoms with E-state index in [1.54, 1.807) is 11.9 Å². The minimum absolute atomic E-state index is 0.472. The number of hydrogen-bond acceptors (Lipinski definition) is 5. The Hall–Kier alpha value is -0.270. The zero-order valence-corrected chi connectivity index (χ0v) is 13.3. The van der Waals surface area contributed by atoms with Gasteiger partial charge in [-0.05, 0) is 34.1 Å². The molecular weight excluding hydrogens is 233 g/mol. The minimum Gasteiger partial charge on any atom is -0.320 e. The summed E-state index contributed by atoms with van der Waals surface area (Å²) in [5, 5.41) is 5.26. The van der Waals surface area contributed by atoms with Crippen molar-refractivity contribution in [1.29, 1.82) is 0 Å². The fourth-order valence-corrected chi connectivity index (χ4v) is 0.487. The van der Waals surface area contributed by atoms with Crippen molar-refractivity contribution >= 4 is 0 Å². The van der Waals surface area contributed by atoms with Crippen molar-refractivity contribution < 1.29 is 4.48 Å². The van der Waals surface area contributed by atoms with Gasteiger partial charge in [0.25, 0.3) is 0 Å². The molecule has 0 radical (unpaired) electrons. The highest BCUT2D eigenvalue weighted by molar-refractivity contribution is 4.48. The zero-order valence-electron chi connectivity index (χ0n) is 13.3. The molecule has 0 fully saturated rings. The molecule has 0 aromatic heterocycles. The first kappa shape index (κ1) is 22.9. The molecule has 0 heterocycles. The van der Waals surface area contributed by atoms with Crippen molar-refractivity contribution in [3.63, 3.8) is 0 Å². The maximum atomic E-state index is 11.3. The van der Waals surface area contributed by atoms with Crippen LogP contribution in [0.5, 0.6) is 0 Å². The lowest BCUT2D eigenvalue weighted by Crippen LogP contribution is -2.34. The zero-order chi connectivity index (χ0) is 15.0. The van der Waals surface area contributed by atoms with Crippen LogP contribution in [0.25, 0.3) is 0 Å². The Kier molecular flexibility index (Phi) is 24.2. The third-order valence-electron chi connectivity index (χ3n) is 2.16. The smallest absolute Gasteiger partial charge is 0.0258 e. The van der Waals surface area contributed by atoms with Crippen molar-refractivity contribution in [3.05, 3.63) is 0 Å². The summed E-state index contributed by atoms with van der Waals surface area (Å²) in [6.45, 7) is 10.6. The molecule has 0 unspecified atom stereocenters. The maximum Gasteiger partial charge on any atom is 0.0258 e. The second-order valence-corrected chi connectivity index (χ2v) is 4.00. The Morgan fingerprint density at radius 1 is 1.00 bits per heavy atom. The van der Waals surface area contributed by atoms with Crippen molar-refractivity contribution in [2.45, 2.75) is 20.8 Å². The van der Waals surface area contributed by atoms with Gasteiger partial charge in [0.1, 0.15) is 0 Å². The van der Waals surface area contributed by atoms with Crippen molar-refractivity contribution in [3.8, 4) is 0 Å². The molecule has 0 bridgehead atoms. The van der Waals surface area contributed by atoms with E-state index in [9.17, 15) is 4.48 Å². The molecule has 3 N–H and O–H groups in total. The van der Waals surface area contributed by atoms with Crippen LogP contribution in [0.1, 0.15) is 20.8 Å². The lowest BCUT2D eigenvalue weighted by Gasteiger charge is -2.16. The average Bonchev–Trinajstić information content (AvgIpc) is 2.36. The number of hydrogen-bond donors (Lipinski definition) is 2. The van der Waals surface area contributed by atoms with Crippen LogP contribution in [-0.4, -0.2) is 75.9 Å². The Morgan fingerprint density at radius 3 is 1.56 bits per heavy atom. The summed E-state index contributed by atoms with van der Waals surface area (Å²) in [5.41, 5.74) is 0. The van der Waals surface area contributed by atoms with E-state index in [0.717, 1.165) is 26.2 Å². The highest BCUT2D eigenvalue weighted by atomic mass is 19.2. The van der Waals surface area contributed by atoms with Crippen LogP contribution in [0.2, 0.25) is 0 Å². The number of nitrogens with two attached hydrogens (primary N) is 1. The molecule has 0 spiro atoms. The quantitative estimate of drug-likeness (QED) is 0.423. The molecule has 5 nitrogen and oxygen atoms in total. The van der Waals surface area contributed by atoms with E-state index in [4.69, 9.17) is 5.84 Å². The number of nitrogens with one attached hydrogen (secondary N) is 1. The highest BCUT2D eigenvalue weighted by Crippen LogP contribution is 1.79. The fourth-order valence-electron chi connectivity index (χ4n) is 0.487. The topological polar surface area (TPSA) is 47.8 Å². The number of hydrazine groups is 1. The van der Waals surface area contributed by atoms with E-state index >= 15 is 0 Å². The SMILES string of the molecule is CCN(C)CCN(C)N.CCN(C)F.CCNC. The summed E-state index contributed by atoms with van der Waals surface area (Å²) in [4.78, 5) is 2.23. The van der Waals surface area contributed by atoms with Gasteiger partial charge in [-0.15, -0.1) is 9.60 Å². The lowest BCUT2D eigenvalue weighted by atomic mass is 10.5. The monoisotopic (exact) mass is 267 g/mol. The maximum absolute atomic E-state index is 11.3. The summed E-state index contributed by atoms with van der Waals surface area (Å²) < 4.78 is 11.3. The van der Waals surface area contributed by atoms with Crippen LogP contribution in [-0.2, 0) is 0 Å². The molecule has 0 aliphatic rings. The molecule has 0 aliphatic heterocycles. The van der Waals surface area contributed by atoms with Gasteiger partial charge in [-0.3, -0.25) is 5.84 Å². The Labute approximate surface area is 113 Å². The van der Waals surface area contributed by atoms with Gasteiger partial charge in [-0.1, -0.05) is 13.8 Å². The summed E-state index contributed by atoms with van der Waals surface area (Å²) >= 11 is 0. The summed E-state index contributed by atoms with van der Waals surface area (Å²) in [6.07, 6.45) is 0. The number of rotatable bonds is 6. The van der Waals surface area contributed by atoms with Crippen LogP contribution in [0, 0.1) is 0 Å². The Balaban J connectivity index is -0.000000212. The minimum atomic E-state index is 0.472. The van der Waals surface area contributed by atoms with Crippen molar-refractivity contribution in [2.24, 2.45) is 5.84 Å². The van der Waals surface area contributed by atoms with Gasteiger partial charge in [0.15, 0.2) is 0 Å². The molecule has 0 rings (SSSR count). The van der Waals surface area contributed by atoms with E-state index in [0.29, 0.717) is 11.7 Å². The molecular formula is C12H34FN5. The third-order valence-corrected chi connectivity index (χ3v) is 2.16. The molecule has 0 atom stereocenters. The number of halogens is 1. The van der Waals surface area contributed by atoms with E-state index in [1.807, 2.05) is 14.1 Å². The van der Waals surface area contributed by atoms with E-state index in [2.05, 4.69) is 31.1 Å². The molecule has 0 aromatic carbocycles. The molecule has 0 aliphatic carbocycles. The molecule has 0 saturated heterocycles. The van der Waals surface area contributed by atoms with E-state index in [-0.39, 0.29) is 0 Å². The molecule has 6 heteroatoms. The Morgan fingerprint density at radius 2 is 1.39 bits per heavy atom. The van der Waals surface area contributed by atoms with Gasteiger partial charge in [0.05, 0.1) is 0 Å². The first-order valence-electron chi connectivity index (χ1n) is 6.51. The van der Waals surface area contributed by atoms with Crippen LogP contribution < -0.4 is 11.2 Å². The number of nitrogens with zero attached hydrogens (tertiary/aromatic N) is 3. The fraction of sp³-hybridized carbons (Fsp3) is 1.00. The highest BCUT2D eigenvalue weighted by Gasteiger charge is 1.93.